The van der Waals surface area contributed by atoms with E-state index in [9.17, 15) is 4.79 Å². The zero-order valence-corrected chi connectivity index (χ0v) is 18.9. The Morgan fingerprint density at radius 3 is 2.50 bits per heavy atom. The number of amides is 1. The number of halogens is 1. The molecule has 0 atom stereocenters. The Bertz CT molecular complexity index is 1240. The Balaban J connectivity index is 1.34. The molecule has 0 aliphatic rings. The SMILES string of the molecule is Cc1cccc(Cn2ccc(NC(=O)c3ccn(COc4cc(C)c(Cl)c(C)c4)n3)n2)c1. The summed E-state index contributed by atoms with van der Waals surface area (Å²) in [4.78, 5) is 12.5. The molecule has 0 fully saturated rings. The summed E-state index contributed by atoms with van der Waals surface area (Å²) in [6.45, 7) is 6.73. The highest BCUT2D eigenvalue weighted by atomic mass is 35.5. The second kappa shape index (κ2) is 9.28. The summed E-state index contributed by atoms with van der Waals surface area (Å²) in [7, 11) is 0. The molecule has 8 heteroatoms. The highest BCUT2D eigenvalue weighted by Crippen LogP contribution is 2.26. The van der Waals surface area contributed by atoms with Gasteiger partial charge in [0.25, 0.3) is 5.91 Å². The van der Waals surface area contributed by atoms with Crippen LogP contribution in [0, 0.1) is 20.8 Å². The monoisotopic (exact) mass is 449 g/mol. The number of aryl methyl sites for hydroxylation is 3. The molecule has 2 aromatic heterocycles. The van der Waals surface area contributed by atoms with Gasteiger partial charge in [0.05, 0.1) is 6.54 Å². The number of ether oxygens (including phenoxy) is 1. The summed E-state index contributed by atoms with van der Waals surface area (Å²) in [5, 5.41) is 12.2. The lowest BCUT2D eigenvalue weighted by molar-refractivity contribution is 0.101. The number of carbonyl (C=O) groups is 1. The topological polar surface area (TPSA) is 74.0 Å². The molecule has 2 aromatic carbocycles. The van der Waals surface area contributed by atoms with E-state index in [-0.39, 0.29) is 18.3 Å². The molecule has 32 heavy (non-hydrogen) atoms. The summed E-state index contributed by atoms with van der Waals surface area (Å²) in [5.74, 6) is 0.841. The fourth-order valence-corrected chi connectivity index (χ4v) is 3.49. The molecule has 0 radical (unpaired) electrons. The summed E-state index contributed by atoms with van der Waals surface area (Å²) >= 11 is 6.20. The number of carbonyl (C=O) groups excluding carboxylic acids is 1. The van der Waals surface area contributed by atoms with E-state index in [1.807, 2.05) is 44.3 Å². The van der Waals surface area contributed by atoms with Gasteiger partial charge in [0.15, 0.2) is 18.2 Å². The van der Waals surface area contributed by atoms with Gasteiger partial charge < -0.3 is 10.1 Å². The van der Waals surface area contributed by atoms with Crippen molar-refractivity contribution in [3.63, 3.8) is 0 Å². The molecule has 0 spiro atoms. The van der Waals surface area contributed by atoms with Gasteiger partial charge in [0.2, 0.25) is 0 Å². The highest BCUT2D eigenvalue weighted by molar-refractivity contribution is 6.32. The molecule has 4 aromatic rings. The number of nitrogens with zero attached hydrogens (tertiary/aromatic N) is 4. The minimum Gasteiger partial charge on any atom is -0.471 e. The normalized spacial score (nSPS) is 10.9. The second-order valence-corrected chi connectivity index (χ2v) is 8.10. The Labute approximate surface area is 191 Å². The molecular weight excluding hydrogens is 426 g/mol. The molecule has 0 aliphatic carbocycles. The van der Waals surface area contributed by atoms with Crippen LogP contribution in [-0.2, 0) is 13.3 Å². The van der Waals surface area contributed by atoms with Crippen LogP contribution < -0.4 is 10.1 Å². The van der Waals surface area contributed by atoms with Crippen molar-refractivity contribution in [2.45, 2.75) is 34.0 Å². The fourth-order valence-electron chi connectivity index (χ4n) is 3.38. The van der Waals surface area contributed by atoms with Gasteiger partial charge in [-0.3, -0.25) is 9.48 Å². The van der Waals surface area contributed by atoms with E-state index in [1.165, 1.54) is 5.56 Å². The van der Waals surface area contributed by atoms with Gasteiger partial charge in [-0.15, -0.1) is 0 Å². The fraction of sp³-hybridized carbons (Fsp3) is 0.208. The molecule has 164 valence electrons. The average Bonchev–Trinajstić information content (AvgIpc) is 3.40. The Morgan fingerprint density at radius 1 is 1.00 bits per heavy atom. The minimum absolute atomic E-state index is 0.179. The van der Waals surface area contributed by atoms with Crippen LogP contribution in [0.25, 0.3) is 0 Å². The number of aromatic nitrogens is 4. The second-order valence-electron chi connectivity index (χ2n) is 7.73. The summed E-state index contributed by atoms with van der Waals surface area (Å²) in [6.07, 6.45) is 3.53. The summed E-state index contributed by atoms with van der Waals surface area (Å²) in [5.41, 5.74) is 4.53. The van der Waals surface area contributed by atoms with Crippen molar-refractivity contribution >= 4 is 23.3 Å². The van der Waals surface area contributed by atoms with Crippen LogP contribution in [0.3, 0.4) is 0 Å². The number of benzene rings is 2. The lowest BCUT2D eigenvalue weighted by Crippen LogP contribution is -2.15. The van der Waals surface area contributed by atoms with E-state index in [1.54, 1.807) is 27.7 Å². The van der Waals surface area contributed by atoms with Gasteiger partial charge in [-0.25, -0.2) is 4.68 Å². The molecule has 1 amide bonds. The predicted molar refractivity (Wildman–Crippen MR) is 124 cm³/mol. The first kappa shape index (κ1) is 21.6. The van der Waals surface area contributed by atoms with Crippen molar-refractivity contribution in [1.82, 2.24) is 19.6 Å². The van der Waals surface area contributed by atoms with Gasteiger partial charge in [0, 0.05) is 23.5 Å². The Morgan fingerprint density at radius 2 is 1.75 bits per heavy atom. The van der Waals surface area contributed by atoms with E-state index in [4.69, 9.17) is 16.3 Å². The quantitative estimate of drug-likeness (QED) is 0.431. The maximum atomic E-state index is 12.5. The van der Waals surface area contributed by atoms with Gasteiger partial charge >= 0.3 is 0 Å². The minimum atomic E-state index is -0.331. The molecule has 1 N–H and O–H groups in total. The van der Waals surface area contributed by atoms with E-state index in [0.29, 0.717) is 18.1 Å². The molecule has 7 nitrogen and oxygen atoms in total. The van der Waals surface area contributed by atoms with Crippen molar-refractivity contribution in [1.29, 1.82) is 0 Å². The van der Waals surface area contributed by atoms with Crippen molar-refractivity contribution < 1.29 is 9.53 Å². The Hall–Kier alpha value is -3.58. The number of anilines is 1. The molecule has 0 saturated heterocycles. The van der Waals surface area contributed by atoms with Crippen molar-refractivity contribution in [2.75, 3.05) is 5.32 Å². The predicted octanol–water partition coefficient (Wildman–Crippen LogP) is 5.00. The van der Waals surface area contributed by atoms with E-state index >= 15 is 0 Å². The number of nitrogens with one attached hydrogen (secondary N) is 1. The first-order valence-corrected chi connectivity index (χ1v) is 10.6. The van der Waals surface area contributed by atoms with Gasteiger partial charge in [0.1, 0.15) is 5.75 Å². The van der Waals surface area contributed by atoms with Gasteiger partial charge in [-0.05, 0) is 55.7 Å². The molecule has 0 bridgehead atoms. The average molecular weight is 450 g/mol. The van der Waals surface area contributed by atoms with E-state index in [0.717, 1.165) is 21.7 Å². The first-order valence-electron chi connectivity index (χ1n) is 10.2. The van der Waals surface area contributed by atoms with Crippen LogP contribution in [-0.4, -0.2) is 25.5 Å². The maximum Gasteiger partial charge on any atom is 0.277 e. The number of hydrogen-bond donors (Lipinski definition) is 1. The van der Waals surface area contributed by atoms with Crippen LogP contribution in [0.1, 0.15) is 32.7 Å². The van der Waals surface area contributed by atoms with Crippen LogP contribution in [0.5, 0.6) is 5.75 Å². The first-order chi connectivity index (χ1) is 15.4. The van der Waals surface area contributed by atoms with Crippen LogP contribution >= 0.6 is 11.6 Å². The summed E-state index contributed by atoms with van der Waals surface area (Å²) in [6, 6.07) is 15.4. The lowest BCUT2D eigenvalue weighted by Gasteiger charge is -2.10. The lowest BCUT2D eigenvalue weighted by atomic mass is 10.1. The third-order valence-corrected chi connectivity index (χ3v) is 5.55. The van der Waals surface area contributed by atoms with E-state index < -0.39 is 0 Å². The smallest absolute Gasteiger partial charge is 0.277 e. The number of rotatable bonds is 7. The zero-order valence-electron chi connectivity index (χ0n) is 18.2. The van der Waals surface area contributed by atoms with Crippen LogP contribution in [0.2, 0.25) is 5.02 Å². The molecule has 0 saturated carbocycles. The molecule has 0 aliphatic heterocycles. The largest absolute Gasteiger partial charge is 0.471 e. The Kier molecular flexibility index (Phi) is 6.28. The number of hydrogen-bond acceptors (Lipinski definition) is 4. The maximum absolute atomic E-state index is 12.5. The van der Waals surface area contributed by atoms with Gasteiger partial charge in [-0.1, -0.05) is 41.4 Å². The zero-order chi connectivity index (χ0) is 22.7. The molecule has 4 rings (SSSR count). The van der Waals surface area contributed by atoms with Crippen LogP contribution in [0.15, 0.2) is 60.9 Å². The third-order valence-electron chi connectivity index (χ3n) is 4.96. The van der Waals surface area contributed by atoms with Crippen molar-refractivity contribution in [2.24, 2.45) is 0 Å². The standard InChI is InChI=1S/C24H24ClN5O2/c1-16-5-4-6-19(11-16)14-29-10-8-22(28-29)26-24(31)21-7-9-30(27-21)15-32-20-12-17(2)23(25)18(3)13-20/h4-13H,14-15H2,1-3H3,(H,26,28,31). The van der Waals surface area contributed by atoms with E-state index in [2.05, 4.69) is 34.6 Å². The molecule has 2 heterocycles. The molecular formula is C24H24ClN5O2. The third kappa shape index (κ3) is 5.18. The molecule has 0 unspecified atom stereocenters. The van der Waals surface area contributed by atoms with Gasteiger partial charge in [-0.2, -0.15) is 10.2 Å². The van der Waals surface area contributed by atoms with Crippen molar-refractivity contribution in [3.05, 3.63) is 93.9 Å². The highest BCUT2D eigenvalue weighted by Gasteiger charge is 2.12. The van der Waals surface area contributed by atoms with Crippen LogP contribution in [0.4, 0.5) is 5.82 Å². The van der Waals surface area contributed by atoms with Crippen molar-refractivity contribution in [3.8, 4) is 5.75 Å². The summed E-state index contributed by atoms with van der Waals surface area (Å²) < 4.78 is 9.13.